The maximum atomic E-state index is 12.9. The Morgan fingerprint density at radius 2 is 0.486 bits per heavy atom. The Labute approximate surface area is 450 Å². The van der Waals surface area contributed by atoms with Crippen molar-refractivity contribution < 1.29 is 28.6 Å². The summed E-state index contributed by atoms with van der Waals surface area (Å²) in [6.45, 7) is 9.13. The maximum Gasteiger partial charge on any atom is 0.306 e. The first-order valence-electron chi connectivity index (χ1n) is 32.9. The third-order valence-electron chi connectivity index (χ3n) is 15.7. The summed E-state index contributed by atoms with van der Waals surface area (Å²) in [6, 6.07) is 0. The first kappa shape index (κ1) is 70.4. The lowest BCUT2D eigenvalue weighted by atomic mass is 9.99. The molecule has 72 heavy (non-hydrogen) atoms. The molecular formula is C66H128O6. The molecule has 0 aromatic carbocycles. The second kappa shape index (κ2) is 60.3. The molecule has 0 saturated carbocycles. The molecule has 0 aromatic rings. The maximum absolute atomic E-state index is 12.9. The zero-order valence-electron chi connectivity index (χ0n) is 49.4. The molecule has 428 valence electrons. The molecule has 0 aliphatic carbocycles. The van der Waals surface area contributed by atoms with Crippen molar-refractivity contribution in [2.75, 3.05) is 13.2 Å². The standard InChI is InChI=1S/C66H128O6/c1-5-8-10-12-14-16-18-20-22-24-25-27-29-35-39-43-47-51-55-59-66(69)72-63(60-70-64(67)57-53-49-45-41-37-33-28-26-23-21-19-17-15-13-11-9-6-2)61-71-65(68)58-54-50-46-42-38-34-31-30-32-36-40-44-48-52-56-62(4)7-3/h62-63H,5-61H2,1-4H3/t62?,63-/m0/s1. The van der Waals surface area contributed by atoms with Crippen LogP contribution in [0.4, 0.5) is 0 Å². The van der Waals surface area contributed by atoms with E-state index in [0.717, 1.165) is 63.7 Å². The topological polar surface area (TPSA) is 78.9 Å². The van der Waals surface area contributed by atoms with Gasteiger partial charge in [-0.1, -0.05) is 342 Å². The van der Waals surface area contributed by atoms with Gasteiger partial charge in [-0.3, -0.25) is 14.4 Å². The number of hydrogen-bond acceptors (Lipinski definition) is 6. The van der Waals surface area contributed by atoms with Gasteiger partial charge in [-0.25, -0.2) is 0 Å². The Balaban J connectivity index is 4.29. The Bertz CT molecular complexity index is 1090. The van der Waals surface area contributed by atoms with Crippen molar-refractivity contribution in [1.82, 2.24) is 0 Å². The highest BCUT2D eigenvalue weighted by molar-refractivity contribution is 5.71. The van der Waals surface area contributed by atoms with Crippen LogP contribution < -0.4 is 0 Å². The van der Waals surface area contributed by atoms with Gasteiger partial charge in [0.25, 0.3) is 0 Å². The summed E-state index contributed by atoms with van der Waals surface area (Å²) in [6.07, 6.45) is 68.1. The van der Waals surface area contributed by atoms with Gasteiger partial charge in [-0.15, -0.1) is 0 Å². The summed E-state index contributed by atoms with van der Waals surface area (Å²) in [7, 11) is 0. The van der Waals surface area contributed by atoms with Crippen molar-refractivity contribution in [2.45, 2.75) is 387 Å². The van der Waals surface area contributed by atoms with Gasteiger partial charge < -0.3 is 14.2 Å². The molecule has 0 bridgehead atoms. The fourth-order valence-corrected chi connectivity index (χ4v) is 10.3. The van der Waals surface area contributed by atoms with Crippen LogP contribution in [0.3, 0.4) is 0 Å². The molecule has 0 radical (unpaired) electrons. The summed E-state index contributed by atoms with van der Waals surface area (Å²) in [5.41, 5.74) is 0. The van der Waals surface area contributed by atoms with E-state index in [4.69, 9.17) is 14.2 Å². The fraction of sp³-hybridized carbons (Fsp3) is 0.955. The van der Waals surface area contributed by atoms with Crippen LogP contribution in [-0.4, -0.2) is 37.2 Å². The number of hydrogen-bond donors (Lipinski definition) is 0. The highest BCUT2D eigenvalue weighted by Gasteiger charge is 2.19. The van der Waals surface area contributed by atoms with Crippen LogP contribution in [-0.2, 0) is 28.6 Å². The summed E-state index contributed by atoms with van der Waals surface area (Å²) in [5.74, 6) is 0.0705. The second-order valence-corrected chi connectivity index (χ2v) is 23.0. The zero-order chi connectivity index (χ0) is 52.3. The fourth-order valence-electron chi connectivity index (χ4n) is 10.3. The van der Waals surface area contributed by atoms with E-state index in [2.05, 4.69) is 27.7 Å². The highest BCUT2D eigenvalue weighted by atomic mass is 16.6. The average Bonchev–Trinajstić information content (AvgIpc) is 3.38. The number of esters is 3. The van der Waals surface area contributed by atoms with Crippen molar-refractivity contribution in [3.05, 3.63) is 0 Å². The molecule has 2 atom stereocenters. The highest BCUT2D eigenvalue weighted by Crippen LogP contribution is 2.19. The molecule has 0 fully saturated rings. The molecule has 6 nitrogen and oxygen atoms in total. The minimum atomic E-state index is -0.763. The first-order chi connectivity index (χ1) is 35.4. The molecule has 0 amide bonds. The first-order valence-corrected chi connectivity index (χ1v) is 32.9. The van der Waals surface area contributed by atoms with Crippen molar-refractivity contribution in [3.8, 4) is 0 Å². The molecule has 0 rings (SSSR count). The molecule has 1 unspecified atom stereocenters. The predicted octanol–water partition coefficient (Wildman–Crippen LogP) is 22.1. The lowest BCUT2D eigenvalue weighted by Gasteiger charge is -2.18. The largest absolute Gasteiger partial charge is 0.462 e. The number of ether oxygens (including phenoxy) is 3. The Kier molecular flexibility index (Phi) is 58.9. The molecule has 0 spiro atoms. The molecule has 0 N–H and O–H groups in total. The van der Waals surface area contributed by atoms with Crippen LogP contribution in [0.5, 0.6) is 0 Å². The van der Waals surface area contributed by atoms with Gasteiger partial charge in [-0.05, 0) is 25.2 Å². The molecule has 6 heteroatoms. The van der Waals surface area contributed by atoms with Gasteiger partial charge in [0, 0.05) is 19.3 Å². The van der Waals surface area contributed by atoms with E-state index in [-0.39, 0.29) is 31.1 Å². The lowest BCUT2D eigenvalue weighted by Crippen LogP contribution is -2.30. The van der Waals surface area contributed by atoms with E-state index < -0.39 is 6.10 Å². The average molecular weight is 1020 g/mol. The van der Waals surface area contributed by atoms with Gasteiger partial charge in [-0.2, -0.15) is 0 Å². The minimum Gasteiger partial charge on any atom is -0.462 e. The smallest absolute Gasteiger partial charge is 0.306 e. The Hall–Kier alpha value is -1.59. The van der Waals surface area contributed by atoms with E-state index in [1.807, 2.05) is 0 Å². The number of unbranched alkanes of at least 4 members (excludes halogenated alkanes) is 47. The molecular weight excluding hydrogens is 889 g/mol. The quantitative estimate of drug-likeness (QED) is 0.0343. The number of carbonyl (C=O) groups is 3. The minimum absolute atomic E-state index is 0.0610. The van der Waals surface area contributed by atoms with Gasteiger partial charge >= 0.3 is 17.9 Å². The van der Waals surface area contributed by atoms with E-state index in [1.165, 1.54) is 276 Å². The third kappa shape index (κ3) is 57.7. The summed E-state index contributed by atoms with van der Waals surface area (Å²) < 4.78 is 17.0. The lowest BCUT2D eigenvalue weighted by molar-refractivity contribution is -0.167. The van der Waals surface area contributed by atoms with Crippen LogP contribution in [0.1, 0.15) is 381 Å². The van der Waals surface area contributed by atoms with Gasteiger partial charge in [0.15, 0.2) is 6.10 Å². The van der Waals surface area contributed by atoms with Gasteiger partial charge in [0.1, 0.15) is 13.2 Å². The Morgan fingerprint density at radius 3 is 0.722 bits per heavy atom. The van der Waals surface area contributed by atoms with E-state index in [1.54, 1.807) is 0 Å². The van der Waals surface area contributed by atoms with Crippen molar-refractivity contribution in [1.29, 1.82) is 0 Å². The van der Waals surface area contributed by atoms with Crippen molar-refractivity contribution >= 4 is 17.9 Å². The monoisotopic (exact) mass is 1020 g/mol. The molecule has 0 saturated heterocycles. The summed E-state index contributed by atoms with van der Waals surface area (Å²) in [4.78, 5) is 38.4. The van der Waals surface area contributed by atoms with Crippen molar-refractivity contribution in [2.24, 2.45) is 5.92 Å². The van der Waals surface area contributed by atoms with Crippen molar-refractivity contribution in [3.63, 3.8) is 0 Å². The zero-order valence-corrected chi connectivity index (χ0v) is 49.4. The van der Waals surface area contributed by atoms with E-state index >= 15 is 0 Å². The number of carbonyl (C=O) groups excluding carboxylic acids is 3. The summed E-state index contributed by atoms with van der Waals surface area (Å²) in [5, 5.41) is 0. The van der Waals surface area contributed by atoms with Crippen LogP contribution >= 0.6 is 0 Å². The molecule has 0 aliphatic heterocycles. The van der Waals surface area contributed by atoms with Crippen LogP contribution in [0.2, 0.25) is 0 Å². The van der Waals surface area contributed by atoms with Gasteiger partial charge in [0.05, 0.1) is 0 Å². The predicted molar refractivity (Wildman–Crippen MR) is 312 cm³/mol. The van der Waals surface area contributed by atoms with Crippen LogP contribution in [0, 0.1) is 5.92 Å². The molecule has 0 heterocycles. The Morgan fingerprint density at radius 1 is 0.278 bits per heavy atom. The number of rotatable bonds is 61. The van der Waals surface area contributed by atoms with Gasteiger partial charge in [0.2, 0.25) is 0 Å². The second-order valence-electron chi connectivity index (χ2n) is 23.0. The third-order valence-corrected chi connectivity index (χ3v) is 15.7. The SMILES string of the molecule is CCCCCCCCCCCCCCCCCCCCCC(=O)O[C@@H](COC(=O)CCCCCCCCCCCCCCCCCCC)COC(=O)CCCCCCCCCCCCCCCCC(C)CC. The molecule has 0 aromatic heterocycles. The summed E-state index contributed by atoms with van der Waals surface area (Å²) >= 11 is 0. The molecule has 0 aliphatic rings. The van der Waals surface area contributed by atoms with E-state index in [9.17, 15) is 14.4 Å². The van der Waals surface area contributed by atoms with Crippen LogP contribution in [0.25, 0.3) is 0 Å². The van der Waals surface area contributed by atoms with Crippen LogP contribution in [0.15, 0.2) is 0 Å². The van der Waals surface area contributed by atoms with E-state index in [0.29, 0.717) is 19.3 Å². The normalized spacial score (nSPS) is 12.3.